The average Bonchev–Trinajstić information content (AvgIpc) is 2.79. The van der Waals surface area contributed by atoms with E-state index in [1.165, 1.54) is 0 Å². The van der Waals surface area contributed by atoms with Crippen LogP contribution in [-0.4, -0.2) is 51.2 Å². The Morgan fingerprint density at radius 1 is 1.26 bits per heavy atom. The summed E-state index contributed by atoms with van der Waals surface area (Å²) in [5.74, 6) is 2.23. The molecule has 1 unspecified atom stereocenters. The molecular formula is C16H24N6O. The van der Waals surface area contributed by atoms with Gasteiger partial charge in [0.25, 0.3) is 0 Å². The minimum absolute atomic E-state index is 0.517. The third-order valence-electron chi connectivity index (χ3n) is 4.35. The molecule has 0 amide bonds. The molecule has 23 heavy (non-hydrogen) atoms. The van der Waals surface area contributed by atoms with Gasteiger partial charge in [0, 0.05) is 37.9 Å². The topological polar surface area (TPSA) is 71.2 Å². The van der Waals surface area contributed by atoms with Crippen LogP contribution >= 0.6 is 0 Å². The smallest absolute Gasteiger partial charge is 0.225 e. The minimum Gasteiger partial charge on any atom is -0.341 e. The van der Waals surface area contributed by atoms with E-state index in [9.17, 15) is 0 Å². The molecule has 7 nitrogen and oxygen atoms in total. The van der Waals surface area contributed by atoms with E-state index in [4.69, 9.17) is 4.52 Å². The van der Waals surface area contributed by atoms with E-state index in [-0.39, 0.29) is 0 Å². The van der Waals surface area contributed by atoms with Crippen LogP contribution in [0.2, 0.25) is 0 Å². The summed E-state index contributed by atoms with van der Waals surface area (Å²) in [6, 6.07) is 2.45. The molecule has 7 heteroatoms. The zero-order valence-corrected chi connectivity index (χ0v) is 14.1. The predicted molar refractivity (Wildman–Crippen MR) is 87.1 cm³/mol. The van der Waals surface area contributed by atoms with Crippen LogP contribution in [0, 0.1) is 13.8 Å². The Balaban J connectivity index is 1.59. The van der Waals surface area contributed by atoms with Gasteiger partial charge in [-0.3, -0.25) is 4.90 Å². The summed E-state index contributed by atoms with van der Waals surface area (Å²) in [4.78, 5) is 17.9. The third-order valence-corrected chi connectivity index (χ3v) is 4.35. The number of aryl methyl sites for hydroxylation is 2. The Labute approximate surface area is 136 Å². The van der Waals surface area contributed by atoms with Crippen molar-refractivity contribution in [3.63, 3.8) is 0 Å². The summed E-state index contributed by atoms with van der Waals surface area (Å²) in [5, 5.41) is 3.99. The molecule has 1 atom stereocenters. The van der Waals surface area contributed by atoms with Gasteiger partial charge in [-0.05, 0) is 39.3 Å². The fraction of sp³-hybridized carbons (Fsp3) is 0.625. The molecule has 1 aliphatic heterocycles. The van der Waals surface area contributed by atoms with E-state index in [2.05, 4.69) is 37.0 Å². The van der Waals surface area contributed by atoms with Crippen molar-refractivity contribution in [2.45, 2.75) is 45.7 Å². The quantitative estimate of drug-likeness (QED) is 0.854. The molecule has 0 N–H and O–H groups in total. The summed E-state index contributed by atoms with van der Waals surface area (Å²) in [6.07, 6.45) is 5.22. The zero-order valence-electron chi connectivity index (χ0n) is 14.1. The standard InChI is InChI=1S/C16H24N6O/c1-12-6-8-17-16(18-12)22-9-4-5-14(7-10-22)21(3)11-15-19-13(2)23-20-15/h6,8,14H,4-5,7,9-11H2,1-3H3. The van der Waals surface area contributed by atoms with Crippen molar-refractivity contribution in [2.75, 3.05) is 25.0 Å². The molecule has 1 saturated heterocycles. The predicted octanol–water partition coefficient (Wildman–Crippen LogP) is 1.97. The van der Waals surface area contributed by atoms with Crippen molar-refractivity contribution in [3.05, 3.63) is 29.7 Å². The van der Waals surface area contributed by atoms with Crippen molar-refractivity contribution >= 4 is 5.95 Å². The molecule has 3 rings (SSSR count). The second-order valence-corrected chi connectivity index (χ2v) is 6.21. The molecule has 0 aromatic carbocycles. The van der Waals surface area contributed by atoms with E-state index in [1.807, 2.05) is 26.1 Å². The molecule has 1 fully saturated rings. The maximum absolute atomic E-state index is 5.05. The first-order chi connectivity index (χ1) is 11.1. The lowest BCUT2D eigenvalue weighted by atomic mass is 10.1. The van der Waals surface area contributed by atoms with Crippen molar-refractivity contribution in [3.8, 4) is 0 Å². The first-order valence-electron chi connectivity index (χ1n) is 8.16. The van der Waals surface area contributed by atoms with Gasteiger partial charge in [0.2, 0.25) is 11.8 Å². The van der Waals surface area contributed by atoms with Crippen LogP contribution in [0.15, 0.2) is 16.8 Å². The van der Waals surface area contributed by atoms with Gasteiger partial charge < -0.3 is 9.42 Å². The number of nitrogens with zero attached hydrogens (tertiary/aromatic N) is 6. The largest absolute Gasteiger partial charge is 0.341 e. The van der Waals surface area contributed by atoms with Crippen molar-refractivity contribution in [2.24, 2.45) is 0 Å². The zero-order chi connectivity index (χ0) is 16.2. The maximum atomic E-state index is 5.05. The van der Waals surface area contributed by atoms with E-state index in [0.717, 1.165) is 56.4 Å². The van der Waals surface area contributed by atoms with Crippen LogP contribution in [0.5, 0.6) is 0 Å². The van der Waals surface area contributed by atoms with Gasteiger partial charge in [-0.2, -0.15) is 4.98 Å². The van der Waals surface area contributed by atoms with E-state index >= 15 is 0 Å². The molecule has 124 valence electrons. The Morgan fingerprint density at radius 2 is 2.13 bits per heavy atom. The van der Waals surface area contributed by atoms with Crippen LogP contribution in [0.4, 0.5) is 5.95 Å². The number of aromatic nitrogens is 4. The molecule has 2 aromatic rings. The highest BCUT2D eigenvalue weighted by Crippen LogP contribution is 2.20. The SMILES string of the molecule is Cc1ccnc(N2CCCC(N(C)Cc3noc(C)n3)CC2)n1. The molecule has 1 aliphatic rings. The summed E-state index contributed by atoms with van der Waals surface area (Å²) in [7, 11) is 2.13. The second-order valence-electron chi connectivity index (χ2n) is 6.21. The van der Waals surface area contributed by atoms with Gasteiger partial charge in [-0.1, -0.05) is 5.16 Å². The van der Waals surface area contributed by atoms with Gasteiger partial charge in [0.1, 0.15) is 0 Å². The van der Waals surface area contributed by atoms with Crippen LogP contribution in [0.25, 0.3) is 0 Å². The van der Waals surface area contributed by atoms with Crippen molar-refractivity contribution in [1.82, 2.24) is 25.0 Å². The highest BCUT2D eigenvalue weighted by atomic mass is 16.5. The van der Waals surface area contributed by atoms with Crippen LogP contribution < -0.4 is 4.90 Å². The van der Waals surface area contributed by atoms with Crippen LogP contribution in [0.1, 0.15) is 36.7 Å². The molecule has 2 aromatic heterocycles. The number of anilines is 1. The minimum atomic E-state index is 0.517. The third kappa shape index (κ3) is 4.04. The summed E-state index contributed by atoms with van der Waals surface area (Å²) in [6.45, 7) is 6.54. The summed E-state index contributed by atoms with van der Waals surface area (Å²) < 4.78 is 5.05. The molecule has 3 heterocycles. The fourth-order valence-electron chi connectivity index (χ4n) is 3.07. The Morgan fingerprint density at radius 3 is 2.87 bits per heavy atom. The monoisotopic (exact) mass is 316 g/mol. The second kappa shape index (κ2) is 7.04. The Kier molecular flexibility index (Phi) is 4.85. The lowest BCUT2D eigenvalue weighted by molar-refractivity contribution is 0.209. The normalized spacial score (nSPS) is 19.1. The Hall–Kier alpha value is -2.02. The Bertz CT molecular complexity index is 643. The fourth-order valence-corrected chi connectivity index (χ4v) is 3.07. The number of hydrogen-bond acceptors (Lipinski definition) is 7. The first kappa shape index (κ1) is 15.9. The number of rotatable bonds is 4. The van der Waals surface area contributed by atoms with E-state index < -0.39 is 0 Å². The van der Waals surface area contributed by atoms with Gasteiger partial charge in [0.05, 0.1) is 6.54 Å². The molecule has 0 radical (unpaired) electrons. The average molecular weight is 316 g/mol. The van der Waals surface area contributed by atoms with E-state index in [1.54, 1.807) is 0 Å². The number of hydrogen-bond donors (Lipinski definition) is 0. The molecule has 0 bridgehead atoms. The highest BCUT2D eigenvalue weighted by molar-refractivity contribution is 5.30. The van der Waals surface area contributed by atoms with Gasteiger partial charge in [-0.25, -0.2) is 9.97 Å². The lowest BCUT2D eigenvalue weighted by Crippen LogP contribution is -2.33. The first-order valence-corrected chi connectivity index (χ1v) is 8.16. The van der Waals surface area contributed by atoms with Crippen LogP contribution in [0.3, 0.4) is 0 Å². The molecule has 0 saturated carbocycles. The van der Waals surface area contributed by atoms with Gasteiger partial charge >= 0.3 is 0 Å². The van der Waals surface area contributed by atoms with Gasteiger partial charge in [-0.15, -0.1) is 0 Å². The lowest BCUT2D eigenvalue weighted by Gasteiger charge is -2.26. The highest BCUT2D eigenvalue weighted by Gasteiger charge is 2.22. The molecule has 0 aliphatic carbocycles. The van der Waals surface area contributed by atoms with E-state index in [0.29, 0.717) is 11.9 Å². The van der Waals surface area contributed by atoms with Crippen LogP contribution in [-0.2, 0) is 6.54 Å². The molecule has 0 spiro atoms. The summed E-state index contributed by atoms with van der Waals surface area (Å²) >= 11 is 0. The van der Waals surface area contributed by atoms with Crippen molar-refractivity contribution in [1.29, 1.82) is 0 Å². The van der Waals surface area contributed by atoms with Gasteiger partial charge in [0.15, 0.2) is 5.82 Å². The maximum Gasteiger partial charge on any atom is 0.225 e. The molecular weight excluding hydrogens is 292 g/mol. The summed E-state index contributed by atoms with van der Waals surface area (Å²) in [5.41, 5.74) is 1.01. The van der Waals surface area contributed by atoms with Crippen molar-refractivity contribution < 1.29 is 4.52 Å².